The summed E-state index contributed by atoms with van der Waals surface area (Å²) in [6, 6.07) is 8.35. The van der Waals surface area contributed by atoms with Gasteiger partial charge in [-0.3, -0.25) is 0 Å². The number of hydrogen-bond acceptors (Lipinski definition) is 7. The number of ether oxygens (including phenoxy) is 1. The molecule has 1 aromatic heterocycles. The zero-order valence-electron chi connectivity index (χ0n) is 11.4. The summed E-state index contributed by atoms with van der Waals surface area (Å²) in [5.74, 6) is 0.665. The van der Waals surface area contributed by atoms with Crippen molar-refractivity contribution in [2.75, 3.05) is 42.8 Å². The highest BCUT2D eigenvalue weighted by Crippen LogP contribution is 2.35. The quantitative estimate of drug-likeness (QED) is 0.875. The fourth-order valence-corrected chi connectivity index (χ4v) is 2.29. The van der Waals surface area contributed by atoms with Crippen LogP contribution in [-0.4, -0.2) is 42.2 Å². The lowest BCUT2D eigenvalue weighted by Crippen LogP contribution is -2.37. The molecule has 3 rings (SSSR count). The monoisotopic (exact) mass is 272 g/mol. The molecule has 7 nitrogen and oxygen atoms in total. The summed E-state index contributed by atoms with van der Waals surface area (Å²) in [4.78, 5) is 16.6. The van der Waals surface area contributed by atoms with Gasteiger partial charge in [-0.15, -0.1) is 0 Å². The highest BCUT2D eigenvalue weighted by atomic mass is 16.5. The van der Waals surface area contributed by atoms with Crippen LogP contribution in [0.5, 0.6) is 6.01 Å². The molecule has 0 atom stereocenters. The molecule has 1 aliphatic rings. The summed E-state index contributed by atoms with van der Waals surface area (Å²) in [7, 11) is 3.58. The SMILES string of the molecule is COc1nc(N)nc(N2CCN(C)c3ccccc32)n1. The van der Waals surface area contributed by atoms with Crippen molar-refractivity contribution in [2.24, 2.45) is 0 Å². The number of methoxy groups -OCH3 is 1. The first-order valence-corrected chi connectivity index (χ1v) is 6.32. The van der Waals surface area contributed by atoms with Gasteiger partial charge in [-0.05, 0) is 12.1 Å². The van der Waals surface area contributed by atoms with Gasteiger partial charge in [-0.1, -0.05) is 12.1 Å². The van der Waals surface area contributed by atoms with E-state index < -0.39 is 0 Å². The van der Waals surface area contributed by atoms with Crippen molar-refractivity contribution in [2.45, 2.75) is 0 Å². The molecule has 2 N–H and O–H groups in total. The zero-order chi connectivity index (χ0) is 14.1. The smallest absolute Gasteiger partial charge is 0.322 e. The third kappa shape index (κ3) is 2.07. The van der Waals surface area contributed by atoms with Crippen LogP contribution in [0.2, 0.25) is 0 Å². The second kappa shape index (κ2) is 4.84. The van der Waals surface area contributed by atoms with E-state index in [4.69, 9.17) is 10.5 Å². The highest BCUT2D eigenvalue weighted by molar-refractivity contribution is 5.77. The number of para-hydroxylation sites is 2. The predicted molar refractivity (Wildman–Crippen MR) is 77.5 cm³/mol. The molecule has 0 unspecified atom stereocenters. The molecular formula is C13H16N6O. The number of benzene rings is 1. The van der Waals surface area contributed by atoms with Crippen molar-refractivity contribution in [3.8, 4) is 6.01 Å². The van der Waals surface area contributed by atoms with Gasteiger partial charge in [0.25, 0.3) is 0 Å². The number of likely N-dealkylation sites (N-methyl/N-ethyl adjacent to an activating group) is 1. The maximum atomic E-state index is 5.71. The van der Waals surface area contributed by atoms with Gasteiger partial charge in [0.1, 0.15) is 0 Å². The molecule has 0 radical (unpaired) electrons. The standard InChI is InChI=1S/C13H16N6O/c1-18-7-8-19(10-6-4-3-5-9(10)18)12-15-11(14)16-13(17-12)20-2/h3-6H,7-8H2,1-2H3,(H2,14,15,16,17). The van der Waals surface area contributed by atoms with E-state index in [-0.39, 0.29) is 12.0 Å². The second-order valence-electron chi connectivity index (χ2n) is 4.54. The minimum absolute atomic E-state index is 0.156. The molecule has 0 amide bonds. The third-order valence-electron chi connectivity index (χ3n) is 3.29. The molecule has 7 heteroatoms. The van der Waals surface area contributed by atoms with Gasteiger partial charge in [-0.2, -0.15) is 15.0 Å². The molecule has 0 aliphatic carbocycles. The van der Waals surface area contributed by atoms with E-state index in [0.29, 0.717) is 5.95 Å². The Morgan fingerprint density at radius 1 is 1.10 bits per heavy atom. The number of anilines is 4. The van der Waals surface area contributed by atoms with Gasteiger partial charge >= 0.3 is 6.01 Å². The number of nitrogens with zero attached hydrogens (tertiary/aromatic N) is 5. The first-order chi connectivity index (χ1) is 9.69. The fraction of sp³-hybridized carbons (Fsp3) is 0.308. The molecule has 0 saturated heterocycles. The van der Waals surface area contributed by atoms with E-state index in [1.54, 1.807) is 0 Å². The van der Waals surface area contributed by atoms with Crippen molar-refractivity contribution >= 4 is 23.3 Å². The van der Waals surface area contributed by atoms with Crippen LogP contribution in [0.3, 0.4) is 0 Å². The van der Waals surface area contributed by atoms with Crippen molar-refractivity contribution in [3.63, 3.8) is 0 Å². The maximum absolute atomic E-state index is 5.71. The molecule has 104 valence electrons. The average molecular weight is 272 g/mol. The van der Waals surface area contributed by atoms with Gasteiger partial charge in [-0.25, -0.2) is 0 Å². The number of rotatable bonds is 2. The van der Waals surface area contributed by atoms with Crippen LogP contribution in [0.1, 0.15) is 0 Å². The summed E-state index contributed by atoms with van der Waals surface area (Å²) in [5, 5.41) is 0. The Balaban J connectivity index is 2.07. The van der Waals surface area contributed by atoms with Crippen LogP contribution >= 0.6 is 0 Å². The second-order valence-corrected chi connectivity index (χ2v) is 4.54. The van der Waals surface area contributed by atoms with E-state index in [0.717, 1.165) is 24.5 Å². The minimum atomic E-state index is 0.156. The van der Waals surface area contributed by atoms with Gasteiger partial charge in [0.05, 0.1) is 18.5 Å². The van der Waals surface area contributed by atoms with Gasteiger partial charge in [0, 0.05) is 20.1 Å². The molecule has 0 spiro atoms. The Labute approximate surface area is 117 Å². The molecular weight excluding hydrogens is 256 g/mol. The van der Waals surface area contributed by atoms with Gasteiger partial charge in [0.2, 0.25) is 11.9 Å². The summed E-state index contributed by atoms with van der Waals surface area (Å²) >= 11 is 0. The van der Waals surface area contributed by atoms with E-state index in [1.165, 1.54) is 7.11 Å². The topological polar surface area (TPSA) is 80.4 Å². The molecule has 20 heavy (non-hydrogen) atoms. The number of aromatic nitrogens is 3. The van der Waals surface area contributed by atoms with Crippen LogP contribution in [0.15, 0.2) is 24.3 Å². The normalized spacial score (nSPS) is 14.1. The minimum Gasteiger partial charge on any atom is -0.467 e. The Morgan fingerprint density at radius 2 is 1.85 bits per heavy atom. The van der Waals surface area contributed by atoms with Gasteiger partial charge < -0.3 is 20.3 Å². The van der Waals surface area contributed by atoms with Crippen molar-refractivity contribution in [3.05, 3.63) is 24.3 Å². The van der Waals surface area contributed by atoms with Crippen LogP contribution in [0.25, 0.3) is 0 Å². The summed E-state index contributed by atoms with van der Waals surface area (Å²) in [5.41, 5.74) is 7.90. The van der Waals surface area contributed by atoms with Crippen molar-refractivity contribution in [1.29, 1.82) is 0 Å². The molecule has 0 fully saturated rings. The van der Waals surface area contributed by atoms with E-state index in [1.807, 2.05) is 23.1 Å². The first-order valence-electron chi connectivity index (χ1n) is 6.32. The Bertz CT molecular complexity index is 632. The number of fused-ring (bicyclic) bond motifs is 1. The Kier molecular flexibility index (Phi) is 3.02. The summed E-state index contributed by atoms with van der Waals surface area (Å²) in [6.07, 6.45) is 0. The van der Waals surface area contributed by atoms with Crippen LogP contribution in [-0.2, 0) is 0 Å². The maximum Gasteiger partial charge on any atom is 0.322 e. The number of hydrogen-bond donors (Lipinski definition) is 1. The largest absolute Gasteiger partial charge is 0.467 e. The average Bonchev–Trinajstić information content (AvgIpc) is 2.47. The van der Waals surface area contributed by atoms with Crippen LogP contribution < -0.4 is 20.3 Å². The van der Waals surface area contributed by atoms with E-state index in [9.17, 15) is 0 Å². The zero-order valence-corrected chi connectivity index (χ0v) is 11.4. The van der Waals surface area contributed by atoms with Crippen LogP contribution in [0.4, 0.5) is 23.3 Å². The predicted octanol–water partition coefficient (Wildman–Crippen LogP) is 1.05. The highest BCUT2D eigenvalue weighted by Gasteiger charge is 2.23. The molecule has 1 aliphatic heterocycles. The molecule has 0 saturated carbocycles. The van der Waals surface area contributed by atoms with Crippen molar-refractivity contribution in [1.82, 2.24) is 15.0 Å². The van der Waals surface area contributed by atoms with Crippen LogP contribution in [0, 0.1) is 0 Å². The molecule has 1 aromatic carbocycles. The summed E-state index contributed by atoms with van der Waals surface area (Å²) in [6.45, 7) is 1.66. The molecule has 0 bridgehead atoms. The van der Waals surface area contributed by atoms with Crippen molar-refractivity contribution < 1.29 is 4.74 Å². The Hall–Kier alpha value is -2.57. The summed E-state index contributed by atoms with van der Waals surface area (Å²) < 4.78 is 5.06. The lowest BCUT2D eigenvalue weighted by Gasteiger charge is -2.35. The fourth-order valence-electron chi connectivity index (χ4n) is 2.29. The third-order valence-corrected chi connectivity index (χ3v) is 3.29. The molecule has 2 aromatic rings. The number of nitrogen functional groups attached to an aromatic ring is 1. The van der Waals surface area contributed by atoms with Gasteiger partial charge in [0.15, 0.2) is 0 Å². The number of nitrogens with two attached hydrogens (primary N) is 1. The van der Waals surface area contributed by atoms with E-state index >= 15 is 0 Å². The lowest BCUT2D eigenvalue weighted by atomic mass is 10.2. The van der Waals surface area contributed by atoms with E-state index in [2.05, 4.69) is 33.0 Å². The lowest BCUT2D eigenvalue weighted by molar-refractivity contribution is 0.379. The molecule has 2 heterocycles. The first kappa shape index (κ1) is 12.5. The Morgan fingerprint density at radius 3 is 2.60 bits per heavy atom.